The van der Waals surface area contributed by atoms with E-state index >= 15 is 0 Å². The zero-order chi connectivity index (χ0) is 15.6. The van der Waals surface area contributed by atoms with Crippen molar-refractivity contribution in [3.05, 3.63) is 28.8 Å². The van der Waals surface area contributed by atoms with Crippen LogP contribution < -0.4 is 4.90 Å². The third-order valence-electron chi connectivity index (χ3n) is 5.29. The van der Waals surface area contributed by atoms with Crippen LogP contribution in [0, 0.1) is 0 Å². The Labute approximate surface area is 137 Å². The Morgan fingerprint density at radius 1 is 1.05 bits per heavy atom. The summed E-state index contributed by atoms with van der Waals surface area (Å²) >= 11 is 6.23. The molecule has 1 aliphatic heterocycles. The van der Waals surface area contributed by atoms with Crippen LogP contribution in [0.15, 0.2) is 18.2 Å². The zero-order valence-corrected chi connectivity index (χ0v) is 13.7. The maximum Gasteiger partial charge on any atom is 0.314 e. The lowest BCUT2D eigenvalue weighted by molar-refractivity contribution is -0.145. The second-order valence-electron chi connectivity index (χ2n) is 6.66. The third-order valence-corrected chi connectivity index (χ3v) is 5.52. The summed E-state index contributed by atoms with van der Waals surface area (Å²) in [5, 5.41) is 10.6. The van der Waals surface area contributed by atoms with Crippen molar-refractivity contribution in [3.63, 3.8) is 0 Å². The maximum atomic E-state index is 12.2. The van der Waals surface area contributed by atoms with E-state index < -0.39 is 11.4 Å². The van der Waals surface area contributed by atoms with Crippen LogP contribution in [-0.2, 0) is 10.2 Å². The molecule has 3 rings (SSSR count). The summed E-state index contributed by atoms with van der Waals surface area (Å²) in [4.78, 5) is 14.5. The van der Waals surface area contributed by atoms with Crippen molar-refractivity contribution in [2.75, 3.05) is 18.0 Å². The minimum Gasteiger partial charge on any atom is -0.481 e. The van der Waals surface area contributed by atoms with Gasteiger partial charge in [-0.15, -0.1) is 0 Å². The predicted octanol–water partition coefficient (Wildman–Crippen LogP) is 4.62. The molecule has 0 amide bonds. The van der Waals surface area contributed by atoms with Gasteiger partial charge in [-0.3, -0.25) is 4.79 Å². The number of nitrogens with zero attached hydrogens (tertiary/aromatic N) is 1. The Balaban J connectivity index is 2.06. The quantitative estimate of drug-likeness (QED) is 0.883. The van der Waals surface area contributed by atoms with E-state index in [0.717, 1.165) is 56.4 Å². The topological polar surface area (TPSA) is 40.5 Å². The first-order valence-corrected chi connectivity index (χ1v) is 8.80. The van der Waals surface area contributed by atoms with Crippen molar-refractivity contribution in [3.8, 4) is 0 Å². The van der Waals surface area contributed by atoms with Crippen LogP contribution in [0.5, 0.6) is 0 Å². The van der Waals surface area contributed by atoms with E-state index in [1.165, 1.54) is 19.3 Å². The number of hydrogen-bond acceptors (Lipinski definition) is 2. The molecule has 2 fully saturated rings. The number of aliphatic carboxylic acids is 1. The first-order valence-electron chi connectivity index (χ1n) is 8.42. The van der Waals surface area contributed by atoms with E-state index in [2.05, 4.69) is 4.90 Å². The first kappa shape index (κ1) is 15.7. The largest absolute Gasteiger partial charge is 0.481 e. The molecule has 1 saturated carbocycles. The van der Waals surface area contributed by atoms with Crippen molar-refractivity contribution in [1.82, 2.24) is 0 Å². The molecule has 3 nitrogen and oxygen atoms in total. The zero-order valence-electron chi connectivity index (χ0n) is 13.0. The summed E-state index contributed by atoms with van der Waals surface area (Å²) in [7, 11) is 0. The fourth-order valence-corrected chi connectivity index (χ4v) is 4.23. The molecule has 0 radical (unpaired) electrons. The SMILES string of the molecule is O=C(O)C1(c2cc(Cl)ccc2N2CCCCC2)CCCCC1. The smallest absolute Gasteiger partial charge is 0.314 e. The summed E-state index contributed by atoms with van der Waals surface area (Å²) in [5.41, 5.74) is 1.28. The molecule has 1 aromatic carbocycles. The van der Waals surface area contributed by atoms with Crippen LogP contribution in [0.25, 0.3) is 0 Å². The average Bonchev–Trinajstić information content (AvgIpc) is 2.56. The molecule has 0 unspecified atom stereocenters. The van der Waals surface area contributed by atoms with Gasteiger partial charge < -0.3 is 10.0 Å². The van der Waals surface area contributed by atoms with Crippen molar-refractivity contribution >= 4 is 23.3 Å². The Kier molecular flexibility index (Phi) is 4.62. The maximum absolute atomic E-state index is 12.2. The van der Waals surface area contributed by atoms with Crippen LogP contribution in [0.2, 0.25) is 5.02 Å². The number of anilines is 1. The minimum absolute atomic E-state index is 0.641. The first-order chi connectivity index (χ1) is 10.6. The molecule has 1 saturated heterocycles. The molecule has 120 valence electrons. The van der Waals surface area contributed by atoms with E-state index in [1.807, 2.05) is 18.2 Å². The van der Waals surface area contributed by atoms with E-state index in [-0.39, 0.29) is 0 Å². The van der Waals surface area contributed by atoms with Crippen LogP contribution in [0.3, 0.4) is 0 Å². The normalized spacial score (nSPS) is 21.6. The highest BCUT2D eigenvalue weighted by molar-refractivity contribution is 6.30. The van der Waals surface area contributed by atoms with Gasteiger partial charge in [0.1, 0.15) is 0 Å². The van der Waals surface area contributed by atoms with E-state index in [4.69, 9.17) is 11.6 Å². The number of carboxylic acids is 1. The van der Waals surface area contributed by atoms with E-state index in [9.17, 15) is 9.90 Å². The molecule has 1 aliphatic carbocycles. The molecule has 0 spiro atoms. The van der Waals surface area contributed by atoms with Crippen LogP contribution in [0.1, 0.15) is 56.9 Å². The predicted molar refractivity (Wildman–Crippen MR) is 89.9 cm³/mol. The molecule has 4 heteroatoms. The van der Waals surface area contributed by atoms with Crippen molar-refractivity contribution in [2.45, 2.75) is 56.8 Å². The van der Waals surface area contributed by atoms with Gasteiger partial charge in [-0.25, -0.2) is 0 Å². The standard InChI is InChI=1S/C18H24ClNO2/c19-14-7-8-16(20-11-5-2-6-12-20)15(13-14)18(17(21)22)9-3-1-4-10-18/h7-8,13H,1-6,9-12H2,(H,21,22). The number of rotatable bonds is 3. The second kappa shape index (κ2) is 6.49. The van der Waals surface area contributed by atoms with Gasteiger partial charge in [0.15, 0.2) is 0 Å². The lowest BCUT2D eigenvalue weighted by Crippen LogP contribution is -2.40. The molecule has 0 atom stereocenters. The molecule has 0 aromatic heterocycles. The summed E-state index contributed by atoms with van der Waals surface area (Å²) in [5.74, 6) is -0.687. The minimum atomic E-state index is -0.754. The lowest BCUT2D eigenvalue weighted by Gasteiger charge is -2.39. The lowest BCUT2D eigenvalue weighted by atomic mass is 9.68. The van der Waals surface area contributed by atoms with Crippen molar-refractivity contribution in [2.24, 2.45) is 0 Å². The molecular weight excluding hydrogens is 298 g/mol. The fourth-order valence-electron chi connectivity index (χ4n) is 4.06. The van der Waals surface area contributed by atoms with E-state index in [1.54, 1.807) is 0 Å². The average molecular weight is 322 g/mol. The molecule has 1 heterocycles. The number of piperidine rings is 1. The van der Waals surface area contributed by atoms with Gasteiger partial charge in [0.05, 0.1) is 5.41 Å². The van der Waals surface area contributed by atoms with Crippen LogP contribution >= 0.6 is 11.6 Å². The van der Waals surface area contributed by atoms with E-state index in [0.29, 0.717) is 5.02 Å². The number of benzene rings is 1. The molecule has 1 aromatic rings. The summed E-state index contributed by atoms with van der Waals surface area (Å²) in [6.45, 7) is 2.04. The highest BCUT2D eigenvalue weighted by Gasteiger charge is 2.43. The summed E-state index contributed by atoms with van der Waals surface area (Å²) < 4.78 is 0. The molecule has 0 bridgehead atoms. The molecule has 1 N–H and O–H groups in total. The second-order valence-corrected chi connectivity index (χ2v) is 7.09. The van der Waals surface area contributed by atoms with Gasteiger partial charge in [-0.2, -0.15) is 0 Å². The number of carboxylic acid groups (broad SMARTS) is 1. The Morgan fingerprint density at radius 2 is 1.68 bits per heavy atom. The van der Waals surface area contributed by atoms with Gasteiger partial charge in [0, 0.05) is 23.8 Å². The summed E-state index contributed by atoms with van der Waals surface area (Å²) in [6.07, 6.45) is 8.19. The van der Waals surface area contributed by atoms with Gasteiger partial charge in [-0.1, -0.05) is 30.9 Å². The van der Waals surface area contributed by atoms with Gasteiger partial charge in [0.25, 0.3) is 0 Å². The monoisotopic (exact) mass is 321 g/mol. The Hall–Kier alpha value is -1.22. The Morgan fingerprint density at radius 3 is 2.32 bits per heavy atom. The van der Waals surface area contributed by atoms with Crippen molar-refractivity contribution < 1.29 is 9.90 Å². The Bertz CT molecular complexity index is 546. The highest BCUT2D eigenvalue weighted by atomic mass is 35.5. The van der Waals surface area contributed by atoms with Gasteiger partial charge >= 0.3 is 5.97 Å². The third kappa shape index (κ3) is 2.83. The van der Waals surface area contributed by atoms with Gasteiger partial charge in [-0.05, 0) is 55.9 Å². The van der Waals surface area contributed by atoms with Crippen molar-refractivity contribution in [1.29, 1.82) is 0 Å². The van der Waals surface area contributed by atoms with Crippen LogP contribution in [-0.4, -0.2) is 24.2 Å². The molecular formula is C18H24ClNO2. The number of halogens is 1. The molecule has 22 heavy (non-hydrogen) atoms. The van der Waals surface area contributed by atoms with Crippen LogP contribution in [0.4, 0.5) is 5.69 Å². The number of hydrogen-bond donors (Lipinski definition) is 1. The molecule has 2 aliphatic rings. The summed E-state index contributed by atoms with van der Waals surface area (Å²) in [6, 6.07) is 5.83. The highest BCUT2D eigenvalue weighted by Crippen LogP contribution is 2.45. The fraction of sp³-hybridized carbons (Fsp3) is 0.611. The van der Waals surface area contributed by atoms with Gasteiger partial charge in [0.2, 0.25) is 0 Å². The number of carbonyl (C=O) groups is 1.